The Morgan fingerprint density at radius 2 is 1.96 bits per heavy atom. The standard InChI is InChI=1S/C19H22N2O5S/c1-6-25-19(24)14-10(2)15(21-11(14)3)16(22)12(4)26-18(23)13-8-7-9-20-17(13)27-5/h7-9,12,21H,6H2,1-5H3/t12-/m0/s1. The molecule has 0 aromatic carbocycles. The normalized spacial score (nSPS) is 11.7. The quantitative estimate of drug-likeness (QED) is 0.440. The average molecular weight is 390 g/mol. The summed E-state index contributed by atoms with van der Waals surface area (Å²) >= 11 is 1.32. The van der Waals surface area contributed by atoms with Crippen LogP contribution in [0, 0.1) is 13.8 Å². The van der Waals surface area contributed by atoms with E-state index in [9.17, 15) is 14.4 Å². The van der Waals surface area contributed by atoms with Crippen molar-refractivity contribution in [3.05, 3.63) is 46.4 Å². The van der Waals surface area contributed by atoms with Crippen LogP contribution in [-0.2, 0) is 9.47 Å². The van der Waals surface area contributed by atoms with E-state index in [2.05, 4.69) is 9.97 Å². The number of ether oxygens (including phenoxy) is 2. The molecule has 2 aromatic heterocycles. The monoisotopic (exact) mass is 390 g/mol. The SMILES string of the molecule is CCOC(=O)c1c(C)[nH]c(C(=O)[C@H](C)OC(=O)c2cccnc2SC)c1C. The first-order chi connectivity index (χ1) is 12.8. The number of hydrogen-bond acceptors (Lipinski definition) is 7. The van der Waals surface area contributed by atoms with Gasteiger partial charge in [-0.3, -0.25) is 4.79 Å². The third-order valence-electron chi connectivity index (χ3n) is 4.00. The number of aromatic nitrogens is 2. The van der Waals surface area contributed by atoms with E-state index in [1.807, 2.05) is 0 Å². The Labute approximate surface area is 161 Å². The van der Waals surface area contributed by atoms with Crippen LogP contribution >= 0.6 is 11.8 Å². The largest absolute Gasteiger partial charge is 0.462 e. The van der Waals surface area contributed by atoms with Gasteiger partial charge in [0.15, 0.2) is 6.10 Å². The number of thioether (sulfide) groups is 1. The van der Waals surface area contributed by atoms with E-state index in [1.165, 1.54) is 18.7 Å². The molecule has 0 aliphatic carbocycles. The van der Waals surface area contributed by atoms with Crippen LogP contribution in [0.25, 0.3) is 0 Å². The summed E-state index contributed by atoms with van der Waals surface area (Å²) in [6.45, 7) is 6.79. The van der Waals surface area contributed by atoms with E-state index in [4.69, 9.17) is 9.47 Å². The second-order valence-electron chi connectivity index (χ2n) is 5.82. The highest BCUT2D eigenvalue weighted by Gasteiger charge is 2.28. The molecule has 2 aromatic rings. The Hall–Kier alpha value is -2.61. The average Bonchev–Trinajstić information content (AvgIpc) is 2.95. The lowest BCUT2D eigenvalue weighted by Crippen LogP contribution is -2.25. The Morgan fingerprint density at radius 3 is 2.59 bits per heavy atom. The Kier molecular flexibility index (Phi) is 6.79. The molecular weight excluding hydrogens is 368 g/mol. The molecule has 0 aliphatic heterocycles. The second-order valence-corrected chi connectivity index (χ2v) is 6.61. The fourth-order valence-corrected chi connectivity index (χ4v) is 3.23. The zero-order chi connectivity index (χ0) is 20.1. The van der Waals surface area contributed by atoms with Crippen molar-refractivity contribution < 1.29 is 23.9 Å². The molecule has 0 amide bonds. The number of hydrogen-bond donors (Lipinski definition) is 1. The van der Waals surface area contributed by atoms with Gasteiger partial charge in [-0.15, -0.1) is 11.8 Å². The number of nitrogens with one attached hydrogen (secondary N) is 1. The van der Waals surface area contributed by atoms with Crippen molar-refractivity contribution in [2.75, 3.05) is 12.9 Å². The first-order valence-electron chi connectivity index (χ1n) is 8.42. The molecule has 0 spiro atoms. The van der Waals surface area contributed by atoms with E-state index in [0.717, 1.165) is 0 Å². The molecule has 0 saturated carbocycles. The molecule has 0 fully saturated rings. The number of rotatable bonds is 7. The van der Waals surface area contributed by atoms with E-state index in [0.29, 0.717) is 27.4 Å². The molecule has 0 aliphatic rings. The van der Waals surface area contributed by atoms with Crippen LogP contribution in [-0.4, -0.2) is 46.7 Å². The third kappa shape index (κ3) is 4.39. The van der Waals surface area contributed by atoms with Gasteiger partial charge in [0.2, 0.25) is 5.78 Å². The smallest absolute Gasteiger partial charge is 0.341 e. The van der Waals surface area contributed by atoms with Gasteiger partial charge >= 0.3 is 11.9 Å². The van der Waals surface area contributed by atoms with Crippen molar-refractivity contribution in [1.29, 1.82) is 0 Å². The van der Waals surface area contributed by atoms with Crippen LogP contribution in [0.1, 0.15) is 56.3 Å². The fraction of sp³-hybridized carbons (Fsp3) is 0.368. The number of ketones is 1. The lowest BCUT2D eigenvalue weighted by molar-refractivity contribution is 0.0312. The number of aryl methyl sites for hydroxylation is 1. The molecule has 8 heteroatoms. The summed E-state index contributed by atoms with van der Waals surface area (Å²) in [5, 5.41) is 0.527. The van der Waals surface area contributed by atoms with Crippen molar-refractivity contribution >= 4 is 29.5 Å². The second kappa shape index (κ2) is 8.85. The number of nitrogens with zero attached hydrogens (tertiary/aromatic N) is 1. The Balaban J connectivity index is 2.22. The van der Waals surface area contributed by atoms with Crippen LogP contribution in [0.5, 0.6) is 0 Å². The topological polar surface area (TPSA) is 98.4 Å². The van der Waals surface area contributed by atoms with Gasteiger partial charge in [-0.05, 0) is 51.6 Å². The number of pyridine rings is 1. The molecular formula is C19H22N2O5S. The van der Waals surface area contributed by atoms with Gasteiger partial charge < -0.3 is 14.5 Å². The first-order valence-corrected chi connectivity index (χ1v) is 9.64. The van der Waals surface area contributed by atoms with Crippen molar-refractivity contribution in [2.24, 2.45) is 0 Å². The van der Waals surface area contributed by atoms with E-state index in [-0.39, 0.29) is 12.3 Å². The molecule has 0 saturated heterocycles. The Morgan fingerprint density at radius 1 is 1.26 bits per heavy atom. The fourth-order valence-electron chi connectivity index (χ4n) is 2.70. The summed E-state index contributed by atoms with van der Waals surface area (Å²) in [7, 11) is 0. The van der Waals surface area contributed by atoms with E-state index >= 15 is 0 Å². The molecule has 2 heterocycles. The summed E-state index contributed by atoms with van der Waals surface area (Å²) in [6, 6.07) is 3.23. The lowest BCUT2D eigenvalue weighted by atomic mass is 10.1. The number of aromatic amines is 1. The number of H-pyrrole nitrogens is 1. The number of esters is 2. The van der Waals surface area contributed by atoms with Crippen LogP contribution in [0.3, 0.4) is 0 Å². The highest BCUT2D eigenvalue weighted by atomic mass is 32.2. The molecule has 0 bridgehead atoms. The summed E-state index contributed by atoms with van der Waals surface area (Å²) in [5.41, 5.74) is 1.87. The van der Waals surface area contributed by atoms with Gasteiger partial charge in [0.1, 0.15) is 5.03 Å². The molecule has 1 atom stereocenters. The molecule has 144 valence electrons. The van der Waals surface area contributed by atoms with Crippen molar-refractivity contribution in [3.63, 3.8) is 0 Å². The minimum absolute atomic E-state index is 0.229. The van der Waals surface area contributed by atoms with Crippen molar-refractivity contribution in [1.82, 2.24) is 9.97 Å². The van der Waals surface area contributed by atoms with Gasteiger partial charge in [0, 0.05) is 11.9 Å². The number of carbonyl (C=O) groups is 3. The van der Waals surface area contributed by atoms with Gasteiger partial charge in [0.05, 0.1) is 23.4 Å². The molecule has 2 rings (SSSR count). The predicted molar refractivity (Wildman–Crippen MR) is 101 cm³/mol. The molecule has 27 heavy (non-hydrogen) atoms. The summed E-state index contributed by atoms with van der Waals surface area (Å²) in [5.74, 6) is -1.54. The van der Waals surface area contributed by atoms with Crippen LogP contribution < -0.4 is 0 Å². The van der Waals surface area contributed by atoms with E-state index in [1.54, 1.807) is 45.4 Å². The van der Waals surface area contributed by atoms with Crippen molar-refractivity contribution in [2.45, 2.75) is 38.8 Å². The first kappa shape index (κ1) is 20.7. The highest BCUT2D eigenvalue weighted by molar-refractivity contribution is 7.98. The molecule has 0 radical (unpaired) electrons. The lowest BCUT2D eigenvalue weighted by Gasteiger charge is -2.13. The number of Topliss-reactive ketones (excluding diaryl/α,β-unsaturated/α-hetero) is 1. The minimum atomic E-state index is -1.03. The van der Waals surface area contributed by atoms with Crippen molar-refractivity contribution in [3.8, 4) is 0 Å². The zero-order valence-corrected chi connectivity index (χ0v) is 16.7. The maximum Gasteiger partial charge on any atom is 0.341 e. The maximum absolute atomic E-state index is 12.8. The number of carbonyl (C=O) groups excluding carboxylic acids is 3. The predicted octanol–water partition coefficient (Wildman–Crippen LogP) is 3.35. The van der Waals surface area contributed by atoms with Gasteiger partial charge in [-0.1, -0.05) is 0 Å². The summed E-state index contributed by atoms with van der Waals surface area (Å²) < 4.78 is 10.4. The summed E-state index contributed by atoms with van der Waals surface area (Å²) in [4.78, 5) is 44.3. The maximum atomic E-state index is 12.8. The van der Waals surface area contributed by atoms with E-state index < -0.39 is 23.8 Å². The molecule has 0 unspecified atom stereocenters. The Bertz CT molecular complexity index is 875. The highest BCUT2D eigenvalue weighted by Crippen LogP contribution is 2.22. The minimum Gasteiger partial charge on any atom is -0.462 e. The van der Waals surface area contributed by atoms with Crippen LogP contribution in [0.15, 0.2) is 23.4 Å². The van der Waals surface area contributed by atoms with Crippen LogP contribution in [0.4, 0.5) is 0 Å². The molecule has 7 nitrogen and oxygen atoms in total. The third-order valence-corrected chi connectivity index (χ3v) is 4.71. The summed E-state index contributed by atoms with van der Waals surface area (Å²) in [6.07, 6.45) is 2.36. The molecule has 1 N–H and O–H groups in total. The van der Waals surface area contributed by atoms with Gasteiger partial charge in [-0.25, -0.2) is 14.6 Å². The van der Waals surface area contributed by atoms with Gasteiger partial charge in [-0.2, -0.15) is 0 Å². The van der Waals surface area contributed by atoms with Gasteiger partial charge in [0.25, 0.3) is 0 Å². The zero-order valence-electron chi connectivity index (χ0n) is 15.9. The van der Waals surface area contributed by atoms with Crippen LogP contribution in [0.2, 0.25) is 0 Å².